The van der Waals surface area contributed by atoms with Gasteiger partial charge < -0.3 is 14.6 Å². The molecule has 0 bridgehead atoms. The summed E-state index contributed by atoms with van der Waals surface area (Å²) >= 11 is 0. The lowest BCUT2D eigenvalue weighted by Gasteiger charge is -2.24. The number of nitrogens with zero attached hydrogens (tertiary/aromatic N) is 1. The number of hydrogen-bond acceptors (Lipinski definition) is 3. The zero-order valence-corrected chi connectivity index (χ0v) is 17.6. The molecule has 1 N–H and O–H groups in total. The Morgan fingerprint density at radius 3 is 2.42 bits per heavy atom. The molecule has 0 aliphatic heterocycles. The van der Waals surface area contributed by atoms with Gasteiger partial charge in [0, 0.05) is 22.3 Å². The van der Waals surface area contributed by atoms with Crippen LogP contribution in [0, 0.1) is 6.92 Å². The molecule has 5 nitrogen and oxygen atoms in total. The summed E-state index contributed by atoms with van der Waals surface area (Å²) in [5, 5.41) is 0.923. The fourth-order valence-corrected chi connectivity index (χ4v) is 3.61. The van der Waals surface area contributed by atoms with Gasteiger partial charge >= 0.3 is 0 Å². The smallest absolute Gasteiger partial charge is 0.258 e. The summed E-state index contributed by atoms with van der Waals surface area (Å²) in [4.78, 5) is 30.8. The normalized spacial score (nSPS) is 10.8. The van der Waals surface area contributed by atoms with E-state index in [4.69, 9.17) is 4.74 Å². The summed E-state index contributed by atoms with van der Waals surface area (Å²) in [6.07, 6.45) is 0. The molecule has 0 aliphatic carbocycles. The van der Waals surface area contributed by atoms with E-state index in [0.29, 0.717) is 23.4 Å². The summed E-state index contributed by atoms with van der Waals surface area (Å²) in [6, 6.07) is 24.3. The van der Waals surface area contributed by atoms with Gasteiger partial charge in [0.15, 0.2) is 0 Å². The summed E-state index contributed by atoms with van der Waals surface area (Å²) in [5.41, 5.74) is 3.28. The second-order valence-corrected chi connectivity index (χ2v) is 7.34. The number of para-hydroxylation sites is 1. The first kappa shape index (κ1) is 20.4. The van der Waals surface area contributed by atoms with Crippen molar-refractivity contribution in [3.63, 3.8) is 0 Å². The minimum Gasteiger partial charge on any atom is -0.494 e. The van der Waals surface area contributed by atoms with Gasteiger partial charge in [-0.25, -0.2) is 0 Å². The molecule has 0 unspecified atom stereocenters. The van der Waals surface area contributed by atoms with Crippen molar-refractivity contribution in [2.45, 2.75) is 20.4 Å². The third kappa shape index (κ3) is 4.36. The van der Waals surface area contributed by atoms with Gasteiger partial charge in [-0.1, -0.05) is 36.4 Å². The molecular weight excluding hydrogens is 388 g/mol. The number of H-pyrrole nitrogens is 1. The second-order valence-electron chi connectivity index (χ2n) is 7.34. The van der Waals surface area contributed by atoms with Gasteiger partial charge in [-0.05, 0) is 67.3 Å². The highest BCUT2D eigenvalue weighted by Crippen LogP contribution is 2.24. The molecule has 156 valence electrons. The average Bonchev–Trinajstić information content (AvgIpc) is 2.78. The van der Waals surface area contributed by atoms with Crippen LogP contribution in [0.4, 0.5) is 5.69 Å². The molecule has 0 saturated heterocycles. The van der Waals surface area contributed by atoms with Crippen LogP contribution in [-0.4, -0.2) is 17.5 Å². The van der Waals surface area contributed by atoms with Crippen LogP contribution in [0.1, 0.15) is 28.4 Å². The summed E-state index contributed by atoms with van der Waals surface area (Å²) in [7, 11) is 0. The van der Waals surface area contributed by atoms with Gasteiger partial charge in [-0.15, -0.1) is 0 Å². The predicted octanol–water partition coefficient (Wildman–Crippen LogP) is 5.08. The molecule has 3 aromatic carbocycles. The van der Waals surface area contributed by atoms with Crippen molar-refractivity contribution < 1.29 is 9.53 Å². The highest BCUT2D eigenvalue weighted by molar-refractivity contribution is 6.07. The maximum Gasteiger partial charge on any atom is 0.258 e. The van der Waals surface area contributed by atoms with Crippen LogP contribution in [0.15, 0.2) is 83.7 Å². The molecule has 0 atom stereocenters. The first-order chi connectivity index (χ1) is 15.1. The molecule has 1 aromatic heterocycles. The third-order valence-electron chi connectivity index (χ3n) is 5.24. The lowest BCUT2D eigenvalue weighted by atomic mass is 10.1. The Hall–Kier alpha value is -3.86. The highest BCUT2D eigenvalue weighted by atomic mass is 16.5. The SMILES string of the molecule is CCOc1ccc(N(Cc2cc3ccccc3[nH]c2=O)C(=O)c2ccccc2C)cc1. The van der Waals surface area contributed by atoms with Crippen LogP contribution < -0.4 is 15.2 Å². The summed E-state index contributed by atoms with van der Waals surface area (Å²) < 4.78 is 5.53. The van der Waals surface area contributed by atoms with Crippen molar-refractivity contribution in [3.8, 4) is 5.75 Å². The van der Waals surface area contributed by atoms with Crippen LogP contribution in [-0.2, 0) is 6.54 Å². The van der Waals surface area contributed by atoms with Crippen molar-refractivity contribution in [3.05, 3.63) is 106 Å². The Morgan fingerprint density at radius 1 is 0.968 bits per heavy atom. The zero-order valence-electron chi connectivity index (χ0n) is 17.6. The first-order valence-corrected chi connectivity index (χ1v) is 10.3. The minimum atomic E-state index is -0.202. The van der Waals surface area contributed by atoms with Gasteiger partial charge in [0.25, 0.3) is 11.5 Å². The fourth-order valence-electron chi connectivity index (χ4n) is 3.61. The maximum absolute atomic E-state index is 13.5. The van der Waals surface area contributed by atoms with Gasteiger partial charge in [-0.2, -0.15) is 0 Å². The number of aromatic amines is 1. The molecule has 0 saturated carbocycles. The number of nitrogens with one attached hydrogen (secondary N) is 1. The van der Waals surface area contributed by atoms with Crippen molar-refractivity contribution in [2.24, 2.45) is 0 Å². The van der Waals surface area contributed by atoms with E-state index in [9.17, 15) is 9.59 Å². The summed E-state index contributed by atoms with van der Waals surface area (Å²) in [6.45, 7) is 4.55. The standard InChI is InChI=1S/C26H24N2O3/c1-3-31-22-14-12-21(13-15-22)28(26(30)23-10-6-4-8-18(23)2)17-20-16-19-9-5-7-11-24(19)27-25(20)29/h4-16H,3,17H2,1-2H3,(H,27,29). The number of benzene rings is 3. The van der Waals surface area contributed by atoms with E-state index in [0.717, 1.165) is 22.2 Å². The molecule has 0 fully saturated rings. The molecule has 0 aliphatic rings. The second kappa shape index (κ2) is 8.88. The predicted molar refractivity (Wildman–Crippen MR) is 124 cm³/mol. The van der Waals surface area contributed by atoms with E-state index < -0.39 is 0 Å². The molecule has 4 rings (SSSR count). The van der Waals surface area contributed by atoms with Gasteiger partial charge in [0.05, 0.1) is 13.2 Å². The number of rotatable bonds is 6. The number of anilines is 1. The van der Waals surface area contributed by atoms with Gasteiger partial charge in [0.2, 0.25) is 0 Å². The van der Waals surface area contributed by atoms with Crippen LogP contribution in [0.2, 0.25) is 0 Å². The number of hydrogen-bond donors (Lipinski definition) is 1. The maximum atomic E-state index is 13.5. The molecule has 0 radical (unpaired) electrons. The number of aromatic nitrogens is 1. The topological polar surface area (TPSA) is 62.4 Å². The van der Waals surface area contributed by atoms with Crippen LogP contribution in [0.3, 0.4) is 0 Å². The lowest BCUT2D eigenvalue weighted by Crippen LogP contribution is -2.33. The monoisotopic (exact) mass is 412 g/mol. The molecule has 5 heteroatoms. The van der Waals surface area contributed by atoms with E-state index >= 15 is 0 Å². The fraction of sp³-hybridized carbons (Fsp3) is 0.154. The largest absolute Gasteiger partial charge is 0.494 e. The van der Waals surface area contributed by atoms with Crippen molar-refractivity contribution in [1.29, 1.82) is 0 Å². The van der Waals surface area contributed by atoms with Crippen molar-refractivity contribution in [2.75, 3.05) is 11.5 Å². The number of ether oxygens (including phenoxy) is 1. The molecule has 31 heavy (non-hydrogen) atoms. The van der Waals surface area contributed by atoms with Gasteiger partial charge in [-0.3, -0.25) is 9.59 Å². The van der Waals surface area contributed by atoms with E-state index in [1.807, 2.05) is 92.7 Å². The first-order valence-electron chi connectivity index (χ1n) is 10.3. The van der Waals surface area contributed by atoms with Crippen LogP contribution in [0.5, 0.6) is 5.75 Å². The number of amides is 1. The molecule has 0 spiro atoms. The van der Waals surface area contributed by atoms with E-state index in [1.165, 1.54) is 0 Å². The minimum absolute atomic E-state index is 0.154. The van der Waals surface area contributed by atoms with Crippen LogP contribution in [0.25, 0.3) is 10.9 Å². The number of aryl methyl sites for hydroxylation is 1. The number of pyridine rings is 1. The van der Waals surface area contributed by atoms with E-state index in [1.54, 1.807) is 4.90 Å². The molecule has 1 amide bonds. The molecule has 1 heterocycles. The Labute approximate surface area is 180 Å². The van der Waals surface area contributed by atoms with Crippen LogP contribution >= 0.6 is 0 Å². The number of carbonyl (C=O) groups excluding carboxylic acids is 1. The lowest BCUT2D eigenvalue weighted by molar-refractivity contribution is 0.0984. The highest BCUT2D eigenvalue weighted by Gasteiger charge is 2.21. The summed E-state index contributed by atoms with van der Waals surface area (Å²) in [5.74, 6) is 0.577. The van der Waals surface area contributed by atoms with Crippen molar-refractivity contribution >= 4 is 22.5 Å². The Morgan fingerprint density at radius 2 is 1.68 bits per heavy atom. The van der Waals surface area contributed by atoms with Crippen molar-refractivity contribution in [1.82, 2.24) is 4.98 Å². The quantitative estimate of drug-likeness (QED) is 0.480. The van der Waals surface area contributed by atoms with E-state index in [2.05, 4.69) is 4.98 Å². The Bertz CT molecular complexity index is 1280. The third-order valence-corrected chi connectivity index (χ3v) is 5.24. The molecular formula is C26H24N2O3. The Kier molecular flexibility index (Phi) is 5.85. The number of carbonyl (C=O) groups is 1. The number of fused-ring (bicyclic) bond motifs is 1. The average molecular weight is 412 g/mol. The Balaban J connectivity index is 1.77. The van der Waals surface area contributed by atoms with E-state index in [-0.39, 0.29) is 18.0 Å². The molecule has 4 aromatic rings. The van der Waals surface area contributed by atoms with Gasteiger partial charge in [0.1, 0.15) is 5.75 Å². The zero-order chi connectivity index (χ0) is 21.8.